The van der Waals surface area contributed by atoms with Gasteiger partial charge in [-0.15, -0.1) is 0 Å². The van der Waals surface area contributed by atoms with Gasteiger partial charge in [0.15, 0.2) is 0 Å². The van der Waals surface area contributed by atoms with E-state index in [0.717, 1.165) is 12.8 Å². The average molecular weight is 253 g/mol. The van der Waals surface area contributed by atoms with Gasteiger partial charge in [0, 0.05) is 31.9 Å². The van der Waals surface area contributed by atoms with E-state index in [1.54, 1.807) is 19.1 Å². The van der Waals surface area contributed by atoms with E-state index in [1.165, 1.54) is 6.07 Å². The fraction of sp³-hybridized carbons (Fsp3) is 0.571. The molecule has 0 spiro atoms. The summed E-state index contributed by atoms with van der Waals surface area (Å²) < 4.78 is 19.4. The van der Waals surface area contributed by atoms with Crippen LogP contribution in [-0.4, -0.2) is 31.4 Å². The zero-order valence-corrected chi connectivity index (χ0v) is 10.9. The van der Waals surface area contributed by atoms with Crippen molar-refractivity contribution in [2.75, 3.05) is 25.2 Å². The number of benzene rings is 1. The average Bonchev–Trinajstić information content (AvgIpc) is 2.38. The SMILES string of the molecule is C[C@H](O)c1cccc(F)c1N(C)C1CCOCC1. The number of halogens is 1. The molecular formula is C14H20FNO2. The summed E-state index contributed by atoms with van der Waals surface area (Å²) in [5.41, 5.74) is 1.16. The Bertz CT molecular complexity index is 403. The van der Waals surface area contributed by atoms with Crippen LogP contribution in [0.25, 0.3) is 0 Å². The minimum atomic E-state index is -0.669. The van der Waals surface area contributed by atoms with Crippen LogP contribution in [-0.2, 0) is 4.74 Å². The molecule has 4 heteroatoms. The first kappa shape index (κ1) is 13.3. The van der Waals surface area contributed by atoms with Crippen molar-refractivity contribution < 1.29 is 14.2 Å². The molecule has 1 atom stereocenters. The summed E-state index contributed by atoms with van der Waals surface area (Å²) in [6.07, 6.45) is 1.12. The first-order valence-corrected chi connectivity index (χ1v) is 6.38. The van der Waals surface area contributed by atoms with Gasteiger partial charge in [0.2, 0.25) is 0 Å². The van der Waals surface area contributed by atoms with Crippen LogP contribution >= 0.6 is 0 Å². The van der Waals surface area contributed by atoms with Crippen LogP contribution in [0.1, 0.15) is 31.4 Å². The Labute approximate surface area is 107 Å². The van der Waals surface area contributed by atoms with Crippen molar-refractivity contribution in [3.8, 4) is 0 Å². The molecule has 0 saturated carbocycles. The maximum Gasteiger partial charge on any atom is 0.146 e. The van der Waals surface area contributed by atoms with Crippen LogP contribution in [0.15, 0.2) is 18.2 Å². The van der Waals surface area contributed by atoms with Crippen molar-refractivity contribution >= 4 is 5.69 Å². The summed E-state index contributed by atoms with van der Waals surface area (Å²) in [6.45, 7) is 3.09. The number of anilines is 1. The predicted octanol–water partition coefficient (Wildman–Crippen LogP) is 2.49. The van der Waals surface area contributed by atoms with Crippen LogP contribution in [0.3, 0.4) is 0 Å². The third kappa shape index (κ3) is 2.65. The smallest absolute Gasteiger partial charge is 0.146 e. The molecule has 0 unspecified atom stereocenters. The standard InChI is InChI=1S/C14H20FNO2/c1-10(17)12-4-3-5-13(15)14(12)16(2)11-6-8-18-9-7-11/h3-5,10-11,17H,6-9H2,1-2H3/t10-/m0/s1. The highest BCUT2D eigenvalue weighted by atomic mass is 19.1. The normalized spacial score (nSPS) is 18.7. The molecular weight excluding hydrogens is 233 g/mol. The molecule has 1 fully saturated rings. The van der Waals surface area contributed by atoms with Crippen molar-refractivity contribution in [1.29, 1.82) is 0 Å². The van der Waals surface area contributed by atoms with E-state index in [0.29, 0.717) is 24.5 Å². The monoisotopic (exact) mass is 253 g/mol. The van der Waals surface area contributed by atoms with Gasteiger partial charge in [0.25, 0.3) is 0 Å². The molecule has 100 valence electrons. The number of nitrogens with zero attached hydrogens (tertiary/aromatic N) is 1. The zero-order valence-electron chi connectivity index (χ0n) is 10.9. The zero-order chi connectivity index (χ0) is 13.1. The third-order valence-electron chi connectivity index (χ3n) is 3.56. The van der Waals surface area contributed by atoms with Crippen molar-refractivity contribution in [1.82, 2.24) is 0 Å². The lowest BCUT2D eigenvalue weighted by molar-refractivity contribution is 0.0852. The topological polar surface area (TPSA) is 32.7 Å². The highest BCUT2D eigenvalue weighted by Crippen LogP contribution is 2.31. The summed E-state index contributed by atoms with van der Waals surface area (Å²) in [5, 5.41) is 9.76. The van der Waals surface area contributed by atoms with Crippen LogP contribution in [0, 0.1) is 5.82 Å². The lowest BCUT2D eigenvalue weighted by atomic mass is 10.0. The summed E-state index contributed by atoms with van der Waals surface area (Å²) in [4.78, 5) is 1.94. The molecule has 1 aromatic carbocycles. The maximum atomic E-state index is 14.0. The molecule has 18 heavy (non-hydrogen) atoms. The Morgan fingerprint density at radius 2 is 2.06 bits per heavy atom. The Balaban J connectivity index is 2.30. The minimum Gasteiger partial charge on any atom is -0.389 e. The summed E-state index contributed by atoms with van der Waals surface area (Å²) in [6, 6.07) is 5.13. The van der Waals surface area contributed by atoms with Crippen LogP contribution in [0.4, 0.5) is 10.1 Å². The van der Waals surface area contributed by atoms with E-state index in [1.807, 2.05) is 11.9 Å². The molecule has 1 saturated heterocycles. The number of rotatable bonds is 3. The quantitative estimate of drug-likeness (QED) is 0.898. The van der Waals surface area contributed by atoms with Crippen LogP contribution in [0.2, 0.25) is 0 Å². The summed E-state index contributed by atoms with van der Waals surface area (Å²) in [7, 11) is 1.89. The predicted molar refractivity (Wildman–Crippen MR) is 69.3 cm³/mol. The van der Waals surface area contributed by atoms with Crippen LogP contribution < -0.4 is 4.90 Å². The van der Waals surface area contributed by atoms with E-state index in [9.17, 15) is 9.50 Å². The fourth-order valence-electron chi connectivity index (χ4n) is 2.50. The summed E-state index contributed by atoms with van der Waals surface area (Å²) in [5.74, 6) is -0.276. The second-order valence-electron chi connectivity index (χ2n) is 4.81. The van der Waals surface area contributed by atoms with Gasteiger partial charge in [-0.2, -0.15) is 0 Å². The summed E-state index contributed by atoms with van der Waals surface area (Å²) >= 11 is 0. The Morgan fingerprint density at radius 1 is 1.39 bits per heavy atom. The molecule has 2 rings (SSSR count). The van der Waals surface area contributed by atoms with Gasteiger partial charge in [0.05, 0.1) is 11.8 Å². The third-order valence-corrected chi connectivity index (χ3v) is 3.56. The van der Waals surface area contributed by atoms with E-state index in [4.69, 9.17) is 4.74 Å². The van der Waals surface area contributed by atoms with E-state index in [-0.39, 0.29) is 11.9 Å². The molecule has 1 aliphatic rings. The number of aliphatic hydroxyl groups is 1. The number of para-hydroxylation sites is 1. The molecule has 1 heterocycles. The molecule has 0 aromatic heterocycles. The van der Waals surface area contributed by atoms with Gasteiger partial charge >= 0.3 is 0 Å². The highest BCUT2D eigenvalue weighted by Gasteiger charge is 2.24. The second-order valence-corrected chi connectivity index (χ2v) is 4.81. The van der Waals surface area contributed by atoms with Crippen LogP contribution in [0.5, 0.6) is 0 Å². The number of aliphatic hydroxyl groups excluding tert-OH is 1. The van der Waals surface area contributed by atoms with E-state index in [2.05, 4.69) is 0 Å². The molecule has 0 amide bonds. The van der Waals surface area contributed by atoms with Gasteiger partial charge in [-0.3, -0.25) is 0 Å². The van der Waals surface area contributed by atoms with Crippen molar-refractivity contribution in [3.05, 3.63) is 29.6 Å². The van der Waals surface area contributed by atoms with Crippen molar-refractivity contribution in [2.45, 2.75) is 31.9 Å². The maximum absolute atomic E-state index is 14.0. The van der Waals surface area contributed by atoms with Crippen molar-refractivity contribution in [2.24, 2.45) is 0 Å². The van der Waals surface area contributed by atoms with Gasteiger partial charge < -0.3 is 14.7 Å². The Morgan fingerprint density at radius 3 is 2.67 bits per heavy atom. The number of ether oxygens (including phenoxy) is 1. The lowest BCUT2D eigenvalue weighted by Crippen LogP contribution is -2.37. The molecule has 1 N–H and O–H groups in total. The molecule has 1 aromatic rings. The Kier molecular flexibility index (Phi) is 4.19. The van der Waals surface area contributed by atoms with Gasteiger partial charge in [0.1, 0.15) is 5.82 Å². The fourth-order valence-corrected chi connectivity index (χ4v) is 2.50. The molecule has 0 radical (unpaired) electrons. The lowest BCUT2D eigenvalue weighted by Gasteiger charge is -2.34. The first-order valence-electron chi connectivity index (χ1n) is 6.38. The molecule has 0 aliphatic carbocycles. The van der Waals surface area contributed by atoms with Crippen molar-refractivity contribution in [3.63, 3.8) is 0 Å². The van der Waals surface area contributed by atoms with E-state index < -0.39 is 6.10 Å². The highest BCUT2D eigenvalue weighted by molar-refractivity contribution is 5.56. The molecule has 0 bridgehead atoms. The molecule has 1 aliphatic heterocycles. The van der Waals surface area contributed by atoms with Gasteiger partial charge in [-0.1, -0.05) is 12.1 Å². The van der Waals surface area contributed by atoms with Gasteiger partial charge in [-0.25, -0.2) is 4.39 Å². The molecule has 3 nitrogen and oxygen atoms in total. The Hall–Kier alpha value is -1.13. The van der Waals surface area contributed by atoms with Gasteiger partial charge in [-0.05, 0) is 25.8 Å². The number of hydrogen-bond acceptors (Lipinski definition) is 3. The first-order chi connectivity index (χ1) is 8.61. The largest absolute Gasteiger partial charge is 0.389 e. The second kappa shape index (κ2) is 5.67. The minimum absolute atomic E-state index is 0.271. The number of hydrogen-bond donors (Lipinski definition) is 1. The van der Waals surface area contributed by atoms with E-state index >= 15 is 0 Å².